The number of aromatic amines is 1. The smallest absolute Gasteiger partial charge is 0.264 e. The molecule has 0 aliphatic carbocycles. The number of ether oxygens (including phenoxy) is 1. The van der Waals surface area contributed by atoms with Gasteiger partial charge in [0.25, 0.3) is 11.5 Å². The first kappa shape index (κ1) is 17.4. The van der Waals surface area contributed by atoms with Crippen LogP contribution in [0, 0.1) is 13.8 Å². The van der Waals surface area contributed by atoms with Crippen molar-refractivity contribution in [2.75, 3.05) is 13.2 Å². The molecule has 26 heavy (non-hydrogen) atoms. The Balaban J connectivity index is 1.57. The summed E-state index contributed by atoms with van der Waals surface area (Å²) in [5, 5.41) is 13.2. The molecular weight excluding hydrogens is 334 g/mol. The maximum absolute atomic E-state index is 12.3. The zero-order valence-electron chi connectivity index (χ0n) is 14.5. The van der Waals surface area contributed by atoms with Crippen molar-refractivity contribution in [3.63, 3.8) is 0 Å². The number of aryl methyl sites for hydroxylation is 1. The summed E-state index contributed by atoms with van der Waals surface area (Å²) in [5.41, 5.74) is 1.93. The van der Waals surface area contributed by atoms with Gasteiger partial charge in [0.1, 0.15) is 12.4 Å². The Hall–Kier alpha value is -3.42. The van der Waals surface area contributed by atoms with E-state index < -0.39 is 0 Å². The van der Waals surface area contributed by atoms with Crippen LogP contribution in [0.25, 0.3) is 5.82 Å². The van der Waals surface area contributed by atoms with Crippen molar-refractivity contribution in [2.45, 2.75) is 13.8 Å². The van der Waals surface area contributed by atoms with Gasteiger partial charge in [-0.3, -0.25) is 9.59 Å². The van der Waals surface area contributed by atoms with Gasteiger partial charge in [0.2, 0.25) is 0 Å². The molecule has 0 aliphatic rings. The van der Waals surface area contributed by atoms with E-state index in [4.69, 9.17) is 4.74 Å². The summed E-state index contributed by atoms with van der Waals surface area (Å²) < 4.78 is 7.08. The second-order valence-corrected chi connectivity index (χ2v) is 5.75. The molecule has 0 bridgehead atoms. The van der Waals surface area contributed by atoms with E-state index in [0.29, 0.717) is 30.2 Å². The number of H-pyrrole nitrogens is 1. The average Bonchev–Trinajstić information content (AvgIpc) is 3.02. The number of aromatic nitrogens is 4. The predicted molar refractivity (Wildman–Crippen MR) is 95.7 cm³/mol. The molecule has 0 fully saturated rings. The fourth-order valence-electron chi connectivity index (χ4n) is 2.38. The Morgan fingerprint density at radius 1 is 1.19 bits per heavy atom. The van der Waals surface area contributed by atoms with Crippen molar-refractivity contribution >= 4 is 5.91 Å². The molecule has 134 valence electrons. The molecule has 0 atom stereocenters. The van der Waals surface area contributed by atoms with Gasteiger partial charge in [-0.25, -0.2) is 9.78 Å². The normalized spacial score (nSPS) is 10.5. The van der Waals surface area contributed by atoms with Crippen LogP contribution < -0.4 is 15.6 Å². The number of rotatable bonds is 6. The number of carbonyl (C=O) groups is 1. The largest absolute Gasteiger partial charge is 0.492 e. The Kier molecular flexibility index (Phi) is 5.12. The standard InChI is InChI=1S/C18H19N5O3/c1-12-3-5-14(6-4-12)26-10-9-19-18(25)15-11-20-23(13(15)2)16-7-8-17(24)22-21-16/h3-8,11H,9-10H2,1-2H3,(H,19,25)(H,22,24). The van der Waals surface area contributed by atoms with E-state index in [9.17, 15) is 9.59 Å². The van der Waals surface area contributed by atoms with E-state index in [-0.39, 0.29) is 11.5 Å². The van der Waals surface area contributed by atoms with Gasteiger partial charge in [0, 0.05) is 6.07 Å². The molecule has 2 aromatic heterocycles. The fourth-order valence-corrected chi connectivity index (χ4v) is 2.38. The summed E-state index contributed by atoms with van der Waals surface area (Å²) in [4.78, 5) is 23.4. The van der Waals surface area contributed by atoms with E-state index >= 15 is 0 Å². The number of benzene rings is 1. The predicted octanol–water partition coefficient (Wildman–Crippen LogP) is 1.38. The fraction of sp³-hybridized carbons (Fsp3) is 0.222. The third-order valence-electron chi connectivity index (χ3n) is 3.81. The number of nitrogens with zero attached hydrogens (tertiary/aromatic N) is 3. The lowest BCUT2D eigenvalue weighted by molar-refractivity contribution is 0.0946. The summed E-state index contributed by atoms with van der Waals surface area (Å²) in [6, 6.07) is 10.6. The van der Waals surface area contributed by atoms with E-state index in [0.717, 1.165) is 11.3 Å². The first-order chi connectivity index (χ1) is 12.5. The highest BCUT2D eigenvalue weighted by molar-refractivity contribution is 5.95. The van der Waals surface area contributed by atoms with Crippen molar-refractivity contribution in [3.05, 3.63) is 69.8 Å². The minimum atomic E-state index is -0.301. The summed E-state index contributed by atoms with van der Waals surface area (Å²) in [5.74, 6) is 0.951. The molecule has 0 saturated heterocycles. The first-order valence-corrected chi connectivity index (χ1v) is 8.13. The molecule has 3 aromatic rings. The average molecular weight is 353 g/mol. The van der Waals surface area contributed by atoms with Crippen molar-refractivity contribution in [1.82, 2.24) is 25.3 Å². The molecule has 3 rings (SSSR count). The van der Waals surface area contributed by atoms with E-state index in [1.807, 2.05) is 31.2 Å². The second-order valence-electron chi connectivity index (χ2n) is 5.75. The highest BCUT2D eigenvalue weighted by Crippen LogP contribution is 2.12. The molecule has 8 nitrogen and oxygen atoms in total. The van der Waals surface area contributed by atoms with Crippen LogP contribution in [0.5, 0.6) is 5.75 Å². The van der Waals surface area contributed by atoms with Crippen LogP contribution in [-0.4, -0.2) is 39.0 Å². The van der Waals surface area contributed by atoms with Crippen LogP contribution in [0.2, 0.25) is 0 Å². The zero-order chi connectivity index (χ0) is 18.5. The van der Waals surface area contributed by atoms with Crippen LogP contribution >= 0.6 is 0 Å². The summed E-state index contributed by atoms with van der Waals surface area (Å²) in [6.45, 7) is 4.50. The summed E-state index contributed by atoms with van der Waals surface area (Å²) in [6.07, 6.45) is 1.47. The lowest BCUT2D eigenvalue weighted by Crippen LogP contribution is -2.28. The van der Waals surface area contributed by atoms with Gasteiger partial charge in [-0.1, -0.05) is 17.7 Å². The van der Waals surface area contributed by atoms with Crippen molar-refractivity contribution in [2.24, 2.45) is 0 Å². The van der Waals surface area contributed by atoms with Crippen LogP contribution in [0.3, 0.4) is 0 Å². The van der Waals surface area contributed by atoms with Crippen LogP contribution in [0.15, 0.2) is 47.4 Å². The Labute approximate surface area is 149 Å². The molecule has 0 unspecified atom stereocenters. The van der Waals surface area contributed by atoms with Crippen molar-refractivity contribution in [3.8, 4) is 11.6 Å². The summed E-state index contributed by atoms with van der Waals surface area (Å²) in [7, 11) is 0. The van der Waals surface area contributed by atoms with E-state index in [2.05, 4.69) is 20.6 Å². The third-order valence-corrected chi connectivity index (χ3v) is 3.81. The number of hydrogen-bond acceptors (Lipinski definition) is 5. The van der Waals surface area contributed by atoms with Crippen molar-refractivity contribution < 1.29 is 9.53 Å². The first-order valence-electron chi connectivity index (χ1n) is 8.13. The number of hydrogen-bond donors (Lipinski definition) is 2. The monoisotopic (exact) mass is 353 g/mol. The number of amides is 1. The molecule has 0 spiro atoms. The molecule has 0 saturated carbocycles. The van der Waals surface area contributed by atoms with Gasteiger partial charge in [-0.05, 0) is 32.0 Å². The van der Waals surface area contributed by atoms with E-state index in [1.54, 1.807) is 6.92 Å². The van der Waals surface area contributed by atoms with Gasteiger partial charge in [0.15, 0.2) is 5.82 Å². The van der Waals surface area contributed by atoms with Gasteiger partial charge >= 0.3 is 0 Å². The van der Waals surface area contributed by atoms with Gasteiger partial charge < -0.3 is 10.1 Å². The molecule has 0 aliphatic heterocycles. The van der Waals surface area contributed by atoms with Gasteiger partial charge in [-0.2, -0.15) is 10.2 Å². The second kappa shape index (κ2) is 7.64. The molecule has 2 heterocycles. The van der Waals surface area contributed by atoms with Crippen LogP contribution in [0.4, 0.5) is 0 Å². The lowest BCUT2D eigenvalue weighted by atomic mass is 10.2. The molecule has 8 heteroatoms. The minimum absolute atomic E-state index is 0.245. The Morgan fingerprint density at radius 2 is 1.96 bits per heavy atom. The third kappa shape index (κ3) is 3.97. The number of nitrogens with one attached hydrogen (secondary N) is 2. The molecule has 0 radical (unpaired) electrons. The highest BCUT2D eigenvalue weighted by Gasteiger charge is 2.15. The molecular formula is C18H19N5O3. The highest BCUT2D eigenvalue weighted by atomic mass is 16.5. The van der Waals surface area contributed by atoms with E-state index in [1.165, 1.54) is 23.0 Å². The molecule has 1 aromatic carbocycles. The minimum Gasteiger partial charge on any atom is -0.492 e. The topological polar surface area (TPSA) is 102 Å². The number of carbonyl (C=O) groups excluding carboxylic acids is 1. The lowest BCUT2D eigenvalue weighted by Gasteiger charge is -2.08. The Bertz CT molecular complexity index is 939. The van der Waals surface area contributed by atoms with Crippen LogP contribution in [-0.2, 0) is 0 Å². The van der Waals surface area contributed by atoms with Crippen molar-refractivity contribution in [1.29, 1.82) is 0 Å². The molecule has 1 amide bonds. The molecule has 2 N–H and O–H groups in total. The zero-order valence-corrected chi connectivity index (χ0v) is 14.5. The van der Waals surface area contributed by atoms with Gasteiger partial charge in [-0.15, -0.1) is 0 Å². The quantitative estimate of drug-likeness (QED) is 0.652. The summed E-state index contributed by atoms with van der Waals surface area (Å²) >= 11 is 0. The maximum atomic E-state index is 12.3. The Morgan fingerprint density at radius 3 is 2.65 bits per heavy atom. The van der Waals surface area contributed by atoms with Gasteiger partial charge in [0.05, 0.1) is 24.0 Å². The maximum Gasteiger partial charge on any atom is 0.264 e. The van der Waals surface area contributed by atoms with Crippen LogP contribution in [0.1, 0.15) is 21.6 Å². The SMILES string of the molecule is Cc1ccc(OCCNC(=O)c2cnn(-c3ccc(=O)[nH]n3)c2C)cc1.